The van der Waals surface area contributed by atoms with Crippen LogP contribution < -0.4 is 5.32 Å². The van der Waals surface area contributed by atoms with E-state index in [0.29, 0.717) is 6.04 Å². The fourth-order valence-corrected chi connectivity index (χ4v) is 5.85. The number of nitrogens with one attached hydrogen (secondary N) is 1. The molecule has 1 aromatic rings. The summed E-state index contributed by atoms with van der Waals surface area (Å²) in [6, 6.07) is 0.572. The largest absolute Gasteiger partial charge is 0.316 e. The van der Waals surface area contributed by atoms with Gasteiger partial charge in [-0.3, -0.25) is 4.68 Å². The molecule has 2 bridgehead atoms. The summed E-state index contributed by atoms with van der Waals surface area (Å²) in [5.41, 5.74) is 2.20. The molecule has 4 rings (SSSR count). The summed E-state index contributed by atoms with van der Waals surface area (Å²) in [6.07, 6.45) is 5.53. The first-order valence-corrected chi connectivity index (χ1v) is 8.92. The average molecular weight is 308 g/mol. The topological polar surface area (TPSA) is 29.9 Å². The predicted molar refractivity (Wildman–Crippen MR) is 85.5 cm³/mol. The second-order valence-electron chi connectivity index (χ2n) is 7.33. The molecule has 1 aromatic heterocycles. The van der Waals surface area contributed by atoms with Gasteiger partial charge in [0.25, 0.3) is 0 Å². The maximum atomic E-state index is 6.50. The van der Waals surface area contributed by atoms with Crippen LogP contribution >= 0.6 is 11.6 Å². The Balaban J connectivity index is 1.54. The van der Waals surface area contributed by atoms with Crippen molar-refractivity contribution in [3.63, 3.8) is 0 Å². The van der Waals surface area contributed by atoms with Gasteiger partial charge in [0.2, 0.25) is 0 Å². The molecule has 3 aliphatic rings. The van der Waals surface area contributed by atoms with Gasteiger partial charge in [0, 0.05) is 19.0 Å². The Hall–Kier alpha value is -0.540. The monoisotopic (exact) mass is 307 g/mol. The lowest BCUT2D eigenvalue weighted by Gasteiger charge is -2.20. The highest BCUT2D eigenvalue weighted by Crippen LogP contribution is 2.70. The zero-order valence-corrected chi connectivity index (χ0v) is 14.0. The number of likely N-dealkylation sites (N-methyl/N-ethyl adjacent to an activating group) is 1. The number of hydrogen-bond acceptors (Lipinski definition) is 2. The third kappa shape index (κ3) is 2.00. The first kappa shape index (κ1) is 14.1. The zero-order valence-electron chi connectivity index (χ0n) is 13.3. The van der Waals surface area contributed by atoms with Crippen molar-refractivity contribution in [3.8, 4) is 0 Å². The van der Waals surface area contributed by atoms with Gasteiger partial charge in [-0.15, -0.1) is 0 Å². The SMILES string of the molecule is CCn1nc(C)c(Cl)c1CC(NC)C1C2C3CCC(C3)C21. The predicted octanol–water partition coefficient (Wildman–Crippen LogP) is 3.29. The summed E-state index contributed by atoms with van der Waals surface area (Å²) in [6.45, 7) is 5.06. The van der Waals surface area contributed by atoms with E-state index in [-0.39, 0.29) is 0 Å². The van der Waals surface area contributed by atoms with Crippen molar-refractivity contribution in [1.29, 1.82) is 0 Å². The smallest absolute Gasteiger partial charge is 0.0847 e. The fraction of sp³-hybridized carbons (Fsp3) is 0.824. The highest BCUT2D eigenvalue weighted by Gasteiger charge is 2.66. The number of aromatic nitrogens is 2. The lowest BCUT2D eigenvalue weighted by molar-refractivity contribution is 0.370. The lowest BCUT2D eigenvalue weighted by atomic mass is 9.94. The van der Waals surface area contributed by atoms with Gasteiger partial charge in [-0.2, -0.15) is 5.10 Å². The molecular weight excluding hydrogens is 282 g/mol. The Bertz CT molecular complexity index is 536. The van der Waals surface area contributed by atoms with Gasteiger partial charge in [0.15, 0.2) is 0 Å². The van der Waals surface area contributed by atoms with Crippen molar-refractivity contribution in [2.24, 2.45) is 29.6 Å². The van der Waals surface area contributed by atoms with Crippen LogP contribution in [0.15, 0.2) is 0 Å². The molecule has 3 fully saturated rings. The van der Waals surface area contributed by atoms with Crippen LogP contribution in [0.3, 0.4) is 0 Å². The summed E-state index contributed by atoms with van der Waals surface area (Å²) in [5.74, 6) is 4.99. The average Bonchev–Trinajstić information content (AvgIpc) is 2.80. The van der Waals surface area contributed by atoms with Gasteiger partial charge in [-0.1, -0.05) is 11.6 Å². The van der Waals surface area contributed by atoms with Gasteiger partial charge < -0.3 is 5.32 Å². The van der Waals surface area contributed by atoms with Crippen LogP contribution in [-0.4, -0.2) is 22.9 Å². The van der Waals surface area contributed by atoms with Gasteiger partial charge in [0.05, 0.1) is 16.4 Å². The first-order chi connectivity index (χ1) is 10.2. The molecule has 0 amide bonds. The van der Waals surface area contributed by atoms with Crippen molar-refractivity contribution >= 4 is 11.6 Å². The summed E-state index contributed by atoms with van der Waals surface area (Å²) in [4.78, 5) is 0. The van der Waals surface area contributed by atoms with E-state index in [9.17, 15) is 0 Å². The van der Waals surface area contributed by atoms with Crippen LogP contribution in [0.1, 0.15) is 37.6 Å². The molecule has 0 aromatic carbocycles. The van der Waals surface area contributed by atoms with Crippen molar-refractivity contribution < 1.29 is 0 Å². The molecule has 3 saturated carbocycles. The Morgan fingerprint density at radius 1 is 1.33 bits per heavy atom. The van der Waals surface area contributed by atoms with E-state index in [1.54, 1.807) is 0 Å². The number of nitrogens with zero attached hydrogens (tertiary/aromatic N) is 2. The van der Waals surface area contributed by atoms with E-state index >= 15 is 0 Å². The molecule has 0 saturated heterocycles. The molecule has 0 radical (unpaired) electrons. The Morgan fingerprint density at radius 2 is 2.00 bits per heavy atom. The van der Waals surface area contributed by atoms with Crippen LogP contribution in [-0.2, 0) is 13.0 Å². The van der Waals surface area contributed by atoms with Gasteiger partial charge in [-0.25, -0.2) is 0 Å². The minimum Gasteiger partial charge on any atom is -0.316 e. The second-order valence-corrected chi connectivity index (χ2v) is 7.70. The third-order valence-corrected chi connectivity index (χ3v) is 6.99. The van der Waals surface area contributed by atoms with E-state index in [0.717, 1.165) is 53.3 Å². The number of hydrogen-bond donors (Lipinski definition) is 1. The highest BCUT2D eigenvalue weighted by molar-refractivity contribution is 6.31. The van der Waals surface area contributed by atoms with Crippen molar-refractivity contribution in [2.75, 3.05) is 7.05 Å². The molecule has 21 heavy (non-hydrogen) atoms. The molecule has 1 heterocycles. The standard InChI is InChI=1S/C17H26ClN3/c1-4-21-13(17(18)9(2)20-21)8-12(19-3)16-14-10-5-6-11(7-10)15(14)16/h10-12,14-16,19H,4-8H2,1-3H3. The van der Waals surface area contributed by atoms with Crippen molar-refractivity contribution in [1.82, 2.24) is 15.1 Å². The van der Waals surface area contributed by atoms with E-state index in [4.69, 9.17) is 11.6 Å². The van der Waals surface area contributed by atoms with E-state index in [2.05, 4.69) is 29.1 Å². The van der Waals surface area contributed by atoms with Crippen LogP contribution in [0.25, 0.3) is 0 Å². The maximum Gasteiger partial charge on any atom is 0.0847 e. The maximum absolute atomic E-state index is 6.50. The number of fused-ring (bicyclic) bond motifs is 5. The summed E-state index contributed by atoms with van der Waals surface area (Å²) >= 11 is 6.50. The van der Waals surface area contributed by atoms with Crippen LogP contribution in [0.4, 0.5) is 0 Å². The van der Waals surface area contributed by atoms with Gasteiger partial charge in [-0.05, 0) is 69.7 Å². The van der Waals surface area contributed by atoms with E-state index in [1.807, 2.05) is 6.92 Å². The molecule has 3 nitrogen and oxygen atoms in total. The van der Waals surface area contributed by atoms with E-state index < -0.39 is 0 Å². The second kappa shape index (κ2) is 4.99. The van der Waals surface area contributed by atoms with Gasteiger partial charge in [0.1, 0.15) is 0 Å². The highest BCUT2D eigenvalue weighted by atomic mass is 35.5. The summed E-state index contributed by atoms with van der Waals surface area (Å²) in [5, 5.41) is 9.05. The van der Waals surface area contributed by atoms with Gasteiger partial charge >= 0.3 is 0 Å². The minimum absolute atomic E-state index is 0.572. The van der Waals surface area contributed by atoms with Crippen LogP contribution in [0.2, 0.25) is 5.02 Å². The molecule has 4 heteroatoms. The Morgan fingerprint density at radius 3 is 2.57 bits per heavy atom. The number of aryl methyl sites for hydroxylation is 2. The summed E-state index contributed by atoms with van der Waals surface area (Å²) < 4.78 is 2.09. The molecule has 116 valence electrons. The number of rotatable bonds is 5. The van der Waals surface area contributed by atoms with Crippen molar-refractivity contribution in [2.45, 2.75) is 52.1 Å². The Labute approximate surface area is 132 Å². The molecule has 0 spiro atoms. The van der Waals surface area contributed by atoms with E-state index in [1.165, 1.54) is 25.0 Å². The third-order valence-electron chi connectivity index (χ3n) is 6.50. The van der Waals surface area contributed by atoms with Crippen LogP contribution in [0, 0.1) is 36.5 Å². The lowest BCUT2D eigenvalue weighted by Crippen LogP contribution is -2.33. The fourth-order valence-electron chi connectivity index (χ4n) is 5.63. The molecule has 3 aliphatic carbocycles. The molecule has 5 unspecified atom stereocenters. The Kier molecular flexibility index (Phi) is 3.34. The minimum atomic E-state index is 0.572. The summed E-state index contributed by atoms with van der Waals surface area (Å²) in [7, 11) is 2.12. The zero-order chi connectivity index (χ0) is 14.7. The molecule has 1 N–H and O–H groups in total. The molecule has 5 atom stereocenters. The molecular formula is C17H26ClN3. The quantitative estimate of drug-likeness (QED) is 0.904. The number of halogens is 1. The normalized spacial score (nSPS) is 37.8. The van der Waals surface area contributed by atoms with Crippen LogP contribution in [0.5, 0.6) is 0 Å². The first-order valence-electron chi connectivity index (χ1n) is 8.54. The molecule has 0 aliphatic heterocycles. The van der Waals surface area contributed by atoms with Crippen molar-refractivity contribution in [3.05, 3.63) is 16.4 Å².